The molecule has 3 nitrogen and oxygen atoms in total. The summed E-state index contributed by atoms with van der Waals surface area (Å²) in [6, 6.07) is 0. The zero-order chi connectivity index (χ0) is 7.78. The summed E-state index contributed by atoms with van der Waals surface area (Å²) in [5, 5.41) is 3.83. The maximum atomic E-state index is 5.78. The number of nitrogens with zero attached hydrogens (tertiary/aromatic N) is 2. The van der Waals surface area contributed by atoms with Crippen molar-refractivity contribution in [2.45, 2.75) is 26.9 Å². The van der Waals surface area contributed by atoms with E-state index in [2.05, 4.69) is 31.3 Å². The van der Waals surface area contributed by atoms with Crippen LogP contribution in [0.5, 0.6) is 0 Å². The maximum Gasteiger partial charge on any atom is 0.136 e. The zero-order valence-electron chi connectivity index (χ0n) is 6.43. The summed E-state index contributed by atoms with van der Waals surface area (Å²) in [7, 11) is 0. The van der Waals surface area contributed by atoms with Crippen LogP contribution in [0.15, 0.2) is 5.10 Å². The minimum atomic E-state index is 0.106. The molecule has 1 rings (SSSR count). The lowest BCUT2D eigenvalue weighted by Crippen LogP contribution is -2.42. The molecule has 0 amide bonds. The number of rotatable bonds is 0. The normalized spacial score (nSPS) is 25.2. The number of nitrogens with one attached hydrogen (secondary N) is 1. The molecular weight excluding hydrogens is 150 g/mol. The Kier molecular flexibility index (Phi) is 1.77. The molecule has 0 radical (unpaired) electrons. The summed E-state index contributed by atoms with van der Waals surface area (Å²) in [5.74, 6) is 0. The van der Waals surface area contributed by atoms with Gasteiger partial charge in [0, 0.05) is 17.2 Å². The lowest BCUT2D eigenvalue weighted by molar-refractivity contribution is 0.216. The summed E-state index contributed by atoms with van der Waals surface area (Å²) in [4.78, 5) is 0. The Morgan fingerprint density at radius 1 is 1.60 bits per heavy atom. The van der Waals surface area contributed by atoms with Crippen LogP contribution in [0.2, 0.25) is 0 Å². The van der Waals surface area contributed by atoms with Crippen LogP contribution in [0.25, 0.3) is 0 Å². The van der Waals surface area contributed by atoms with Gasteiger partial charge in [-0.3, -0.25) is 5.43 Å². The Morgan fingerprint density at radius 2 is 2.20 bits per heavy atom. The molecule has 0 fully saturated rings. The highest BCUT2D eigenvalue weighted by Crippen LogP contribution is 2.24. The molecule has 0 aromatic carbocycles. The van der Waals surface area contributed by atoms with Crippen LogP contribution in [0.3, 0.4) is 0 Å². The second-order valence-electron chi connectivity index (χ2n) is 3.49. The van der Waals surface area contributed by atoms with Crippen molar-refractivity contribution in [2.75, 3.05) is 0 Å². The van der Waals surface area contributed by atoms with Gasteiger partial charge in [-0.1, -0.05) is 20.8 Å². The highest BCUT2D eigenvalue weighted by atomic mass is 35.5. The van der Waals surface area contributed by atoms with Crippen molar-refractivity contribution in [2.24, 2.45) is 10.5 Å². The Hall–Kier alpha value is -0.440. The predicted molar refractivity (Wildman–Crippen MR) is 42.6 cm³/mol. The Balaban J connectivity index is 2.60. The fourth-order valence-electron chi connectivity index (χ4n) is 0.845. The van der Waals surface area contributed by atoms with E-state index >= 15 is 0 Å². The van der Waals surface area contributed by atoms with Crippen LogP contribution < -0.4 is 5.43 Å². The van der Waals surface area contributed by atoms with E-state index in [-0.39, 0.29) is 11.6 Å². The van der Waals surface area contributed by atoms with Gasteiger partial charge >= 0.3 is 0 Å². The highest BCUT2D eigenvalue weighted by molar-refractivity contribution is 6.19. The fourth-order valence-corrected chi connectivity index (χ4v) is 1.22. The number of hydrazone groups is 1. The lowest BCUT2D eigenvalue weighted by atomic mass is 9.93. The molecule has 1 heterocycles. The molecule has 0 saturated heterocycles. The first-order valence-electron chi connectivity index (χ1n) is 3.24. The van der Waals surface area contributed by atoms with Crippen molar-refractivity contribution in [3.05, 3.63) is 0 Å². The second-order valence-corrected chi connectivity index (χ2v) is 3.88. The van der Waals surface area contributed by atoms with E-state index in [0.29, 0.717) is 0 Å². The van der Waals surface area contributed by atoms with Gasteiger partial charge in [0.25, 0.3) is 0 Å². The molecule has 0 aromatic rings. The molecule has 0 saturated carbocycles. The number of hydrogen-bond donors (Lipinski definition) is 1. The van der Waals surface area contributed by atoms with Gasteiger partial charge < -0.3 is 0 Å². The van der Waals surface area contributed by atoms with Crippen molar-refractivity contribution in [1.82, 2.24) is 9.84 Å². The van der Waals surface area contributed by atoms with Crippen molar-refractivity contribution in [1.29, 1.82) is 0 Å². The van der Waals surface area contributed by atoms with E-state index in [1.807, 2.05) is 0 Å². The summed E-state index contributed by atoms with van der Waals surface area (Å²) in [5.41, 5.74) is 3.02. The highest BCUT2D eigenvalue weighted by Gasteiger charge is 2.30. The average Bonchev–Trinajstić information content (AvgIpc) is 2.11. The molecule has 1 atom stereocenters. The third kappa shape index (κ3) is 1.34. The fraction of sp³-hybridized carbons (Fsp3) is 0.833. The van der Waals surface area contributed by atoms with E-state index in [1.54, 1.807) is 10.8 Å². The molecule has 1 unspecified atom stereocenters. The predicted octanol–water partition coefficient (Wildman–Crippen LogP) is 1.36. The Labute approximate surface area is 66.1 Å². The van der Waals surface area contributed by atoms with Crippen molar-refractivity contribution < 1.29 is 0 Å². The van der Waals surface area contributed by atoms with Crippen LogP contribution in [0, 0.1) is 5.41 Å². The van der Waals surface area contributed by atoms with Crippen LogP contribution in [0.1, 0.15) is 20.8 Å². The van der Waals surface area contributed by atoms with Crippen LogP contribution in [-0.2, 0) is 0 Å². The smallest absolute Gasteiger partial charge is 0.136 e. The minimum Gasteiger partial charge on any atom is -0.284 e. The van der Waals surface area contributed by atoms with E-state index in [9.17, 15) is 0 Å². The van der Waals surface area contributed by atoms with E-state index in [1.165, 1.54) is 0 Å². The van der Waals surface area contributed by atoms with Gasteiger partial charge in [0.05, 0.1) is 0 Å². The minimum absolute atomic E-state index is 0.106. The maximum absolute atomic E-state index is 5.78. The van der Waals surface area contributed by atoms with Crippen LogP contribution >= 0.6 is 11.8 Å². The first-order chi connectivity index (χ1) is 4.52. The average molecular weight is 162 g/mol. The molecule has 1 aliphatic heterocycles. The van der Waals surface area contributed by atoms with Gasteiger partial charge in [-0.2, -0.15) is 5.10 Å². The van der Waals surface area contributed by atoms with E-state index in [0.717, 1.165) is 0 Å². The summed E-state index contributed by atoms with van der Waals surface area (Å²) in [6.07, 6.45) is 1.69. The quantitative estimate of drug-likeness (QED) is 0.544. The monoisotopic (exact) mass is 161 g/mol. The summed E-state index contributed by atoms with van der Waals surface area (Å²) >= 11 is 5.78. The molecule has 58 valence electrons. The first kappa shape index (κ1) is 7.66. The molecule has 10 heavy (non-hydrogen) atoms. The topological polar surface area (TPSA) is 27.6 Å². The first-order valence-corrected chi connectivity index (χ1v) is 3.58. The van der Waals surface area contributed by atoms with Crippen molar-refractivity contribution in [3.8, 4) is 0 Å². The van der Waals surface area contributed by atoms with Gasteiger partial charge in [0.2, 0.25) is 0 Å². The van der Waals surface area contributed by atoms with Gasteiger partial charge in [-0.05, 0) is 0 Å². The zero-order valence-corrected chi connectivity index (χ0v) is 7.18. The summed E-state index contributed by atoms with van der Waals surface area (Å²) < 4.78 is 1.56. The van der Waals surface area contributed by atoms with Gasteiger partial charge in [-0.25, -0.2) is 4.42 Å². The Morgan fingerprint density at radius 3 is 2.40 bits per heavy atom. The SMILES string of the molecule is CC(C)(C)C1NN=CN1Cl. The molecule has 1 N–H and O–H groups in total. The molecule has 4 heteroatoms. The summed E-state index contributed by atoms with van der Waals surface area (Å²) in [6.45, 7) is 6.32. The van der Waals surface area contributed by atoms with E-state index < -0.39 is 0 Å². The van der Waals surface area contributed by atoms with E-state index in [4.69, 9.17) is 11.8 Å². The van der Waals surface area contributed by atoms with Crippen LogP contribution in [0.4, 0.5) is 0 Å². The van der Waals surface area contributed by atoms with Crippen molar-refractivity contribution in [3.63, 3.8) is 0 Å². The molecule has 0 spiro atoms. The molecule has 0 bridgehead atoms. The van der Waals surface area contributed by atoms with Crippen molar-refractivity contribution >= 4 is 18.1 Å². The second kappa shape index (κ2) is 2.31. The molecule has 0 aromatic heterocycles. The number of hydrogen-bond acceptors (Lipinski definition) is 3. The molecule has 1 aliphatic rings. The molecule has 0 aliphatic carbocycles. The van der Waals surface area contributed by atoms with Gasteiger partial charge in [-0.15, -0.1) is 0 Å². The lowest BCUT2D eigenvalue weighted by Gasteiger charge is -2.29. The van der Waals surface area contributed by atoms with Crippen LogP contribution in [-0.4, -0.2) is 16.9 Å². The third-order valence-electron chi connectivity index (χ3n) is 1.43. The third-order valence-corrected chi connectivity index (χ3v) is 1.71. The van der Waals surface area contributed by atoms with Gasteiger partial charge in [0.1, 0.15) is 12.5 Å². The largest absolute Gasteiger partial charge is 0.284 e. The van der Waals surface area contributed by atoms with Gasteiger partial charge in [0.15, 0.2) is 0 Å². The number of halogens is 1. The molecular formula is C6H12ClN3. The Bertz CT molecular complexity index is 150. The standard InChI is InChI=1S/C6H12ClN3/c1-6(2,3)5-9-8-4-10(5)7/h4-5,9H,1-3H3.